The molecular weight excluding hydrogens is 200 g/mol. The lowest BCUT2D eigenvalue weighted by molar-refractivity contribution is -0.148. The van der Waals surface area contributed by atoms with E-state index in [1.54, 1.807) is 13.8 Å². The van der Waals surface area contributed by atoms with Crippen molar-refractivity contribution in [3.8, 4) is 0 Å². The van der Waals surface area contributed by atoms with Crippen LogP contribution in [0.25, 0.3) is 0 Å². The van der Waals surface area contributed by atoms with Crippen LogP contribution >= 0.6 is 0 Å². The quantitative estimate of drug-likeness (QED) is 0.613. The summed E-state index contributed by atoms with van der Waals surface area (Å²) in [6, 6.07) is 0. The molecular formula is C9H14N2O4. The maximum absolute atomic E-state index is 11.5. The lowest BCUT2D eigenvalue weighted by atomic mass is 9.81. The van der Waals surface area contributed by atoms with Crippen LogP contribution in [0.4, 0.5) is 0 Å². The summed E-state index contributed by atoms with van der Waals surface area (Å²) < 4.78 is 4.74. The van der Waals surface area contributed by atoms with Crippen molar-refractivity contribution < 1.29 is 19.4 Å². The molecule has 1 heterocycles. The molecule has 1 aliphatic rings. The van der Waals surface area contributed by atoms with E-state index in [0.717, 1.165) is 0 Å². The third-order valence-electron chi connectivity index (χ3n) is 2.47. The Morgan fingerprint density at radius 2 is 2.33 bits per heavy atom. The molecule has 0 aromatic rings. The normalized spacial score (nSPS) is 24.7. The molecule has 84 valence electrons. The van der Waals surface area contributed by atoms with Crippen molar-refractivity contribution in [1.82, 2.24) is 5.43 Å². The van der Waals surface area contributed by atoms with Crippen molar-refractivity contribution >= 4 is 17.6 Å². The molecule has 1 atom stereocenters. The minimum absolute atomic E-state index is 0.182. The summed E-state index contributed by atoms with van der Waals surface area (Å²) in [4.78, 5) is 22.8. The van der Waals surface area contributed by atoms with Gasteiger partial charge in [0.15, 0.2) is 0 Å². The average Bonchev–Trinajstić information content (AvgIpc) is 2.47. The summed E-state index contributed by atoms with van der Waals surface area (Å²) in [5.74, 6) is -0.978. The Bertz CT molecular complexity index is 313. The molecule has 1 amide bonds. The van der Waals surface area contributed by atoms with Crippen molar-refractivity contribution in [1.29, 1.82) is 0 Å². The van der Waals surface area contributed by atoms with Crippen LogP contribution in [0.3, 0.4) is 0 Å². The van der Waals surface area contributed by atoms with Crippen LogP contribution in [0.5, 0.6) is 0 Å². The third-order valence-corrected chi connectivity index (χ3v) is 2.47. The Morgan fingerprint density at radius 3 is 2.73 bits per heavy atom. The van der Waals surface area contributed by atoms with E-state index in [2.05, 4.69) is 10.5 Å². The van der Waals surface area contributed by atoms with Gasteiger partial charge in [0.2, 0.25) is 0 Å². The lowest BCUT2D eigenvalue weighted by Crippen LogP contribution is -2.42. The van der Waals surface area contributed by atoms with Crippen molar-refractivity contribution in [2.75, 3.05) is 13.2 Å². The lowest BCUT2D eigenvalue weighted by Gasteiger charge is -2.22. The van der Waals surface area contributed by atoms with Crippen molar-refractivity contribution in [2.45, 2.75) is 20.3 Å². The number of rotatable bonds is 4. The highest BCUT2D eigenvalue weighted by Crippen LogP contribution is 2.28. The number of amides is 1. The molecule has 0 aliphatic carbocycles. The van der Waals surface area contributed by atoms with Crippen LogP contribution in [-0.2, 0) is 14.3 Å². The standard InChI is InChI=1S/C9H14N2O4/c1-3-15-7(13)4-9(5-12)6(2)10-11-8(9)14/h12H,3-5H2,1-2H3,(H,11,14). The molecule has 1 aliphatic heterocycles. The number of nitrogens with zero attached hydrogens (tertiary/aromatic N) is 1. The van der Waals surface area contributed by atoms with Crippen molar-refractivity contribution in [3.63, 3.8) is 0 Å². The van der Waals surface area contributed by atoms with Gasteiger partial charge in [0, 0.05) is 0 Å². The molecule has 15 heavy (non-hydrogen) atoms. The van der Waals surface area contributed by atoms with Gasteiger partial charge in [-0.25, -0.2) is 5.43 Å². The van der Waals surface area contributed by atoms with Gasteiger partial charge in [0.1, 0.15) is 5.41 Å². The Hall–Kier alpha value is -1.43. The minimum atomic E-state index is -1.24. The number of hydrazone groups is 1. The Morgan fingerprint density at radius 1 is 1.67 bits per heavy atom. The fourth-order valence-corrected chi connectivity index (χ4v) is 1.42. The number of nitrogens with one attached hydrogen (secondary N) is 1. The van der Waals surface area contributed by atoms with E-state index in [1.165, 1.54) is 0 Å². The van der Waals surface area contributed by atoms with Gasteiger partial charge >= 0.3 is 5.97 Å². The third kappa shape index (κ3) is 1.99. The van der Waals surface area contributed by atoms with Gasteiger partial charge in [-0.3, -0.25) is 9.59 Å². The molecule has 1 unspecified atom stereocenters. The number of aliphatic hydroxyl groups is 1. The molecule has 0 bridgehead atoms. The molecule has 1 rings (SSSR count). The molecule has 6 heteroatoms. The van der Waals surface area contributed by atoms with E-state index in [-0.39, 0.29) is 13.0 Å². The Labute approximate surface area is 87.3 Å². The second kappa shape index (κ2) is 4.39. The van der Waals surface area contributed by atoms with Gasteiger partial charge in [-0.15, -0.1) is 0 Å². The van der Waals surface area contributed by atoms with Gasteiger partial charge in [0.05, 0.1) is 25.3 Å². The van der Waals surface area contributed by atoms with E-state index in [4.69, 9.17) is 4.74 Å². The summed E-state index contributed by atoms with van der Waals surface area (Å²) >= 11 is 0. The smallest absolute Gasteiger partial charge is 0.307 e. The monoisotopic (exact) mass is 214 g/mol. The van der Waals surface area contributed by atoms with Crippen LogP contribution in [0, 0.1) is 5.41 Å². The second-order valence-corrected chi connectivity index (χ2v) is 3.36. The molecule has 0 aromatic carbocycles. The van der Waals surface area contributed by atoms with Crippen LogP contribution in [0.1, 0.15) is 20.3 Å². The van der Waals surface area contributed by atoms with Crippen LogP contribution in [0.15, 0.2) is 5.10 Å². The van der Waals surface area contributed by atoms with E-state index in [1.807, 2.05) is 0 Å². The SMILES string of the molecule is CCOC(=O)CC1(CO)C(=O)NN=C1C. The first-order chi connectivity index (χ1) is 7.06. The minimum Gasteiger partial charge on any atom is -0.466 e. The summed E-state index contributed by atoms with van der Waals surface area (Å²) in [6.07, 6.45) is -0.182. The highest BCUT2D eigenvalue weighted by atomic mass is 16.5. The number of carbonyl (C=O) groups is 2. The molecule has 6 nitrogen and oxygen atoms in total. The van der Waals surface area contributed by atoms with Crippen LogP contribution in [-0.4, -0.2) is 35.9 Å². The fraction of sp³-hybridized carbons (Fsp3) is 0.667. The van der Waals surface area contributed by atoms with E-state index >= 15 is 0 Å². The van der Waals surface area contributed by atoms with Gasteiger partial charge in [-0.1, -0.05) is 0 Å². The van der Waals surface area contributed by atoms with Crippen molar-refractivity contribution in [2.24, 2.45) is 10.5 Å². The fourth-order valence-electron chi connectivity index (χ4n) is 1.42. The van der Waals surface area contributed by atoms with Gasteiger partial charge in [-0.2, -0.15) is 5.10 Å². The number of carbonyl (C=O) groups excluding carboxylic acids is 2. The zero-order valence-corrected chi connectivity index (χ0v) is 8.74. The summed E-state index contributed by atoms with van der Waals surface area (Å²) in [7, 11) is 0. The zero-order chi connectivity index (χ0) is 11.5. The summed E-state index contributed by atoms with van der Waals surface area (Å²) in [5.41, 5.74) is 1.40. The number of esters is 1. The number of hydrogen-bond donors (Lipinski definition) is 2. The molecule has 2 N–H and O–H groups in total. The highest BCUT2D eigenvalue weighted by molar-refractivity contribution is 6.13. The Balaban J connectivity index is 2.81. The topological polar surface area (TPSA) is 88.0 Å². The summed E-state index contributed by atoms with van der Waals surface area (Å²) in [5, 5.41) is 12.9. The molecule has 0 fully saturated rings. The number of aliphatic hydroxyl groups excluding tert-OH is 1. The second-order valence-electron chi connectivity index (χ2n) is 3.36. The molecule has 0 spiro atoms. The Kier molecular flexibility index (Phi) is 3.41. The molecule has 0 saturated carbocycles. The maximum atomic E-state index is 11.5. The van der Waals surface area contributed by atoms with Gasteiger partial charge in [-0.05, 0) is 13.8 Å². The molecule has 0 radical (unpaired) electrons. The van der Waals surface area contributed by atoms with Crippen LogP contribution < -0.4 is 5.43 Å². The zero-order valence-electron chi connectivity index (χ0n) is 8.74. The largest absolute Gasteiger partial charge is 0.466 e. The maximum Gasteiger partial charge on any atom is 0.307 e. The van der Waals surface area contributed by atoms with E-state index in [0.29, 0.717) is 5.71 Å². The highest BCUT2D eigenvalue weighted by Gasteiger charge is 2.47. The number of hydrogen-bond acceptors (Lipinski definition) is 5. The first kappa shape index (κ1) is 11.6. The van der Waals surface area contributed by atoms with E-state index < -0.39 is 23.9 Å². The predicted molar refractivity (Wildman–Crippen MR) is 52.0 cm³/mol. The van der Waals surface area contributed by atoms with E-state index in [9.17, 15) is 14.7 Å². The average molecular weight is 214 g/mol. The predicted octanol–water partition coefficient (Wildman–Crippen LogP) is -0.576. The van der Waals surface area contributed by atoms with Gasteiger partial charge < -0.3 is 9.84 Å². The summed E-state index contributed by atoms with van der Waals surface area (Å²) in [6.45, 7) is 3.07. The molecule has 0 aromatic heterocycles. The first-order valence-electron chi connectivity index (χ1n) is 4.68. The van der Waals surface area contributed by atoms with Crippen molar-refractivity contribution in [3.05, 3.63) is 0 Å². The van der Waals surface area contributed by atoms with Crippen LogP contribution in [0.2, 0.25) is 0 Å². The first-order valence-corrected chi connectivity index (χ1v) is 4.68. The van der Waals surface area contributed by atoms with Gasteiger partial charge in [0.25, 0.3) is 5.91 Å². The number of ether oxygens (including phenoxy) is 1. The molecule has 0 saturated heterocycles.